The Morgan fingerprint density at radius 3 is 3.00 bits per heavy atom. The van der Waals surface area contributed by atoms with E-state index >= 15 is 0 Å². The molecule has 2 N–H and O–H groups in total. The van der Waals surface area contributed by atoms with Crippen LogP contribution in [0.25, 0.3) is 0 Å². The van der Waals surface area contributed by atoms with Gasteiger partial charge in [0.25, 0.3) is 0 Å². The second kappa shape index (κ2) is 1.61. The topological polar surface area (TPSA) is 63.0 Å². The van der Waals surface area contributed by atoms with Crippen molar-refractivity contribution in [3.05, 3.63) is 12.4 Å². The molecule has 1 aromatic rings. The lowest BCUT2D eigenvalue weighted by atomic mass is 11.0. The van der Waals surface area contributed by atoms with Gasteiger partial charge in [-0.15, -0.1) is 0 Å². The smallest absolute Gasteiger partial charge is 0.217 e. The predicted molar refractivity (Wildman–Crippen MR) is 24.3 cm³/mol. The Bertz CT molecular complexity index is 121. The molecule has 1 aromatic heterocycles. The van der Waals surface area contributed by atoms with Crippen LogP contribution in [-0.2, 0) is 0 Å². The lowest BCUT2D eigenvalue weighted by molar-refractivity contribution is 1.17. The van der Waals surface area contributed by atoms with Crippen molar-refractivity contribution in [2.45, 2.75) is 0 Å². The van der Waals surface area contributed by atoms with Crippen LogP contribution in [0.3, 0.4) is 0 Å². The molecule has 4 nitrogen and oxygen atoms in total. The molecule has 0 amide bonds. The first-order valence-corrected chi connectivity index (χ1v) is 1.83. The zero-order chi connectivity index (χ0) is 5.11. The molecule has 0 atom stereocenters. The van der Waals surface area contributed by atoms with E-state index in [0.29, 0.717) is 5.95 Å². The molecule has 36 valence electrons. The fourth-order valence-electron chi connectivity index (χ4n) is 0.326. The normalized spacial score (nSPS) is 8.71. The van der Waals surface area contributed by atoms with E-state index in [1.807, 2.05) is 5.43 Å². The van der Waals surface area contributed by atoms with Gasteiger partial charge in [0.05, 0.1) is 0 Å². The number of aromatic nitrogens is 2. The van der Waals surface area contributed by atoms with Gasteiger partial charge in [-0.3, -0.25) is 5.43 Å². The summed E-state index contributed by atoms with van der Waals surface area (Å²) in [6.45, 7) is 0. The Morgan fingerprint density at radius 2 is 2.71 bits per heavy atom. The van der Waals surface area contributed by atoms with Gasteiger partial charge >= 0.3 is 0 Å². The molecule has 0 saturated carbocycles. The van der Waals surface area contributed by atoms with E-state index in [4.69, 9.17) is 5.84 Å². The highest BCUT2D eigenvalue weighted by molar-refractivity contribution is 5.18. The van der Waals surface area contributed by atoms with E-state index in [1.165, 1.54) is 0 Å². The van der Waals surface area contributed by atoms with Gasteiger partial charge in [-0.05, 0) is 5.84 Å². The summed E-state index contributed by atoms with van der Waals surface area (Å²) in [5, 5.41) is 0. The molecule has 4 heteroatoms. The summed E-state index contributed by atoms with van der Waals surface area (Å²) in [5.41, 5.74) is 1.84. The van der Waals surface area contributed by atoms with Gasteiger partial charge in [0.15, 0.2) is 0 Å². The van der Waals surface area contributed by atoms with Crippen LogP contribution < -0.4 is 11.3 Å². The molecule has 0 aliphatic carbocycles. The number of rotatable bonds is 1. The lowest BCUT2D eigenvalue weighted by Crippen LogP contribution is -1.92. The van der Waals surface area contributed by atoms with Gasteiger partial charge in [0.2, 0.25) is 5.95 Å². The minimum absolute atomic E-state index is 0.361. The number of nitrogens with one attached hydrogen (secondary N) is 2. The molecule has 0 aliphatic heterocycles. The van der Waals surface area contributed by atoms with E-state index < -0.39 is 0 Å². The first kappa shape index (κ1) is 4.14. The van der Waals surface area contributed by atoms with Crippen molar-refractivity contribution in [1.82, 2.24) is 15.8 Å². The number of H-pyrrole nitrogens is 1. The third-order valence-corrected chi connectivity index (χ3v) is 0.604. The van der Waals surface area contributed by atoms with Gasteiger partial charge < -0.3 is 4.98 Å². The molecule has 0 spiro atoms. The Labute approximate surface area is 40.7 Å². The molecule has 1 heterocycles. The van der Waals surface area contributed by atoms with Gasteiger partial charge in [-0.1, -0.05) is 0 Å². The summed E-state index contributed by atoms with van der Waals surface area (Å²) < 4.78 is 0. The average Bonchev–Trinajstić information content (AvgIpc) is 2.14. The molecule has 0 fully saturated rings. The van der Waals surface area contributed by atoms with Crippen LogP contribution in [0.5, 0.6) is 0 Å². The first-order chi connectivity index (χ1) is 3.43. The van der Waals surface area contributed by atoms with E-state index in [1.54, 1.807) is 12.4 Å². The van der Waals surface area contributed by atoms with Gasteiger partial charge in [-0.2, -0.15) is 0 Å². The van der Waals surface area contributed by atoms with E-state index in [-0.39, 0.29) is 0 Å². The summed E-state index contributed by atoms with van der Waals surface area (Å²) in [5.74, 6) is 8.44. The third kappa shape index (κ3) is 0.690. The Morgan fingerprint density at radius 1 is 1.86 bits per heavy atom. The van der Waals surface area contributed by atoms with E-state index in [0.717, 1.165) is 0 Å². The molecule has 0 aromatic carbocycles. The monoisotopic (exact) mass is 96.0 g/mol. The second-order valence-corrected chi connectivity index (χ2v) is 1.05. The molecule has 0 bridgehead atoms. The molecule has 7 heavy (non-hydrogen) atoms. The van der Waals surface area contributed by atoms with Crippen LogP contribution in [0.1, 0.15) is 0 Å². The predicted octanol–water partition coefficient (Wildman–Crippen LogP) is -0.195. The van der Waals surface area contributed by atoms with Crippen LogP contribution in [-0.4, -0.2) is 9.97 Å². The van der Waals surface area contributed by atoms with Crippen molar-refractivity contribution < 1.29 is 0 Å². The number of nitrogens with zero attached hydrogens (tertiary/aromatic N) is 2. The van der Waals surface area contributed by atoms with Crippen LogP contribution in [0, 0.1) is 0 Å². The average molecular weight is 96.1 g/mol. The van der Waals surface area contributed by atoms with Gasteiger partial charge in [0, 0.05) is 12.4 Å². The van der Waals surface area contributed by atoms with Crippen molar-refractivity contribution in [3.63, 3.8) is 0 Å². The third-order valence-electron chi connectivity index (χ3n) is 0.604. The van der Waals surface area contributed by atoms with E-state index in [9.17, 15) is 0 Å². The van der Waals surface area contributed by atoms with Crippen LogP contribution >= 0.6 is 0 Å². The Hall–Kier alpha value is -1.03. The Kier molecular flexibility index (Phi) is 0.953. The standard InChI is InChI=1S/C3H4N4/c4-7-3-5-1-2-6-3/h1-2H,(H2,5,6,7). The molecule has 2 radical (unpaired) electrons. The highest BCUT2D eigenvalue weighted by Gasteiger charge is 1.82. The maximum atomic E-state index is 8.08. The van der Waals surface area contributed by atoms with Crippen molar-refractivity contribution in [2.75, 3.05) is 5.43 Å². The summed E-state index contributed by atoms with van der Waals surface area (Å²) in [6.07, 6.45) is 3.15. The highest BCUT2D eigenvalue weighted by atomic mass is 15.3. The summed E-state index contributed by atoms with van der Waals surface area (Å²) in [6, 6.07) is 0. The summed E-state index contributed by atoms with van der Waals surface area (Å²) >= 11 is 0. The molecular formula is C3H4N4. The quantitative estimate of drug-likeness (QED) is 0.476. The number of anilines is 1. The van der Waals surface area contributed by atoms with Gasteiger partial charge in [0.1, 0.15) is 0 Å². The lowest BCUT2D eigenvalue weighted by Gasteiger charge is -1.81. The first-order valence-electron chi connectivity index (χ1n) is 1.83. The van der Waals surface area contributed by atoms with Gasteiger partial charge in [-0.25, -0.2) is 4.98 Å². The van der Waals surface area contributed by atoms with Crippen LogP contribution in [0.2, 0.25) is 0 Å². The number of hydrogen-bond donors (Lipinski definition) is 2. The Balaban J connectivity index is 2.76. The van der Waals surface area contributed by atoms with Crippen LogP contribution in [0.15, 0.2) is 12.4 Å². The van der Waals surface area contributed by atoms with Crippen molar-refractivity contribution in [2.24, 2.45) is 0 Å². The van der Waals surface area contributed by atoms with E-state index in [2.05, 4.69) is 9.97 Å². The second-order valence-electron chi connectivity index (χ2n) is 1.05. The van der Waals surface area contributed by atoms with Crippen molar-refractivity contribution in [3.8, 4) is 0 Å². The van der Waals surface area contributed by atoms with Crippen molar-refractivity contribution >= 4 is 5.95 Å². The zero-order valence-electron chi connectivity index (χ0n) is 3.55. The molecule has 0 saturated heterocycles. The molecule has 1 rings (SSSR count). The minimum atomic E-state index is 0.361. The number of hydrogen-bond acceptors (Lipinski definition) is 2. The number of aromatic amines is 1. The molecule has 0 unspecified atom stereocenters. The van der Waals surface area contributed by atoms with Crippen LogP contribution in [0.4, 0.5) is 5.95 Å². The fourth-order valence-corrected chi connectivity index (χ4v) is 0.326. The SMILES string of the molecule is [N]Nc1ncc[nH]1. The zero-order valence-corrected chi connectivity index (χ0v) is 3.55. The fraction of sp³-hybridized carbons (Fsp3) is 0. The molecular weight excluding hydrogens is 92.1 g/mol. The maximum absolute atomic E-state index is 8.08. The maximum Gasteiger partial charge on any atom is 0.217 e. The molecule has 0 aliphatic rings. The largest absolute Gasteiger partial charge is 0.330 e. The van der Waals surface area contributed by atoms with Crippen molar-refractivity contribution in [1.29, 1.82) is 0 Å². The summed E-state index contributed by atoms with van der Waals surface area (Å²) in [4.78, 5) is 6.23. The minimum Gasteiger partial charge on any atom is -0.330 e. The number of imidazole rings is 1. The summed E-state index contributed by atoms with van der Waals surface area (Å²) in [7, 11) is 0. The highest BCUT2D eigenvalue weighted by Crippen LogP contribution is 1.88.